The molecule has 2 rings (SSSR count). The lowest BCUT2D eigenvalue weighted by molar-refractivity contribution is 0.411. The normalized spacial score (nSPS) is 10.7. The lowest BCUT2D eigenvalue weighted by atomic mass is 10.1. The van der Waals surface area contributed by atoms with Crippen molar-refractivity contribution in [3.8, 4) is 11.5 Å². The zero-order valence-electron chi connectivity index (χ0n) is 13.0. The van der Waals surface area contributed by atoms with Gasteiger partial charge in [0.2, 0.25) is 0 Å². The van der Waals surface area contributed by atoms with Gasteiger partial charge < -0.3 is 20.9 Å². The number of nitrogens with one attached hydrogen (secondary N) is 1. The van der Waals surface area contributed by atoms with Gasteiger partial charge in [-0.2, -0.15) is 0 Å². The molecule has 0 aromatic heterocycles. The maximum atomic E-state index is 9.78. The Hall–Kier alpha value is -1.96. The van der Waals surface area contributed by atoms with Crippen LogP contribution in [-0.4, -0.2) is 24.7 Å². The lowest BCUT2D eigenvalue weighted by Gasteiger charge is -2.07. The molecule has 0 bridgehead atoms. The molecule has 0 fully saturated rings. The molecule has 0 amide bonds. The smallest absolute Gasteiger partial charge is 0.188 e. The number of ether oxygens (including phenoxy) is 1. The van der Waals surface area contributed by atoms with Crippen molar-refractivity contribution < 1.29 is 9.84 Å². The highest BCUT2D eigenvalue weighted by Gasteiger charge is 2.03. The Morgan fingerprint density at radius 1 is 1.22 bits per heavy atom. The Bertz CT molecular complexity index is 633. The number of benzene rings is 2. The largest absolute Gasteiger partial charge is 0.508 e. The zero-order chi connectivity index (χ0) is 15.8. The van der Waals surface area contributed by atoms with Crippen LogP contribution < -0.4 is 15.8 Å². The highest BCUT2D eigenvalue weighted by atomic mass is 127. The van der Waals surface area contributed by atoms with Gasteiger partial charge in [0, 0.05) is 12.1 Å². The van der Waals surface area contributed by atoms with Crippen LogP contribution in [-0.2, 0) is 13.0 Å². The van der Waals surface area contributed by atoms with Crippen LogP contribution in [0.15, 0.2) is 53.5 Å². The standard InChI is InChI=1S/C17H21N3O2.HI/c1-22-15-7-8-16(21)14(11-15)12-20-17(18)19-10-9-13-5-3-2-4-6-13;/h2-8,11,21H,9-10,12H2,1H3,(H3,18,19,20);1H. The number of phenols is 1. The van der Waals surface area contributed by atoms with E-state index in [9.17, 15) is 5.11 Å². The van der Waals surface area contributed by atoms with Crippen molar-refractivity contribution >= 4 is 29.9 Å². The molecule has 0 heterocycles. The van der Waals surface area contributed by atoms with Gasteiger partial charge in [0.15, 0.2) is 5.96 Å². The van der Waals surface area contributed by atoms with Crippen LogP contribution in [0.3, 0.4) is 0 Å². The van der Waals surface area contributed by atoms with Gasteiger partial charge in [-0.15, -0.1) is 24.0 Å². The van der Waals surface area contributed by atoms with Crippen molar-refractivity contribution in [1.29, 1.82) is 0 Å². The number of aromatic hydroxyl groups is 1. The summed E-state index contributed by atoms with van der Waals surface area (Å²) in [5.74, 6) is 1.22. The minimum Gasteiger partial charge on any atom is -0.508 e. The average molecular weight is 427 g/mol. The van der Waals surface area contributed by atoms with Crippen LogP contribution in [0.25, 0.3) is 0 Å². The summed E-state index contributed by atoms with van der Waals surface area (Å²) in [5.41, 5.74) is 7.75. The molecule has 0 spiro atoms. The lowest BCUT2D eigenvalue weighted by Crippen LogP contribution is -2.33. The second kappa shape index (κ2) is 9.94. The molecule has 23 heavy (non-hydrogen) atoms. The summed E-state index contributed by atoms with van der Waals surface area (Å²) in [5, 5.41) is 12.8. The topological polar surface area (TPSA) is 79.9 Å². The number of nitrogens with zero attached hydrogens (tertiary/aromatic N) is 1. The van der Waals surface area contributed by atoms with Gasteiger partial charge in [0.25, 0.3) is 0 Å². The molecule has 124 valence electrons. The molecule has 0 radical (unpaired) electrons. The monoisotopic (exact) mass is 427 g/mol. The number of hydrogen-bond acceptors (Lipinski definition) is 3. The fourth-order valence-electron chi connectivity index (χ4n) is 2.02. The number of guanidine groups is 1. The SMILES string of the molecule is COc1ccc(O)c(CN=C(N)NCCc2ccccc2)c1.I. The van der Waals surface area contributed by atoms with Crippen LogP contribution >= 0.6 is 24.0 Å². The number of halogens is 1. The predicted molar refractivity (Wildman–Crippen MR) is 104 cm³/mol. The first-order valence-corrected chi connectivity index (χ1v) is 7.12. The maximum Gasteiger partial charge on any atom is 0.188 e. The van der Waals surface area contributed by atoms with Crippen LogP contribution in [0.1, 0.15) is 11.1 Å². The molecule has 0 saturated carbocycles. The van der Waals surface area contributed by atoms with E-state index in [1.165, 1.54) is 5.56 Å². The van der Waals surface area contributed by atoms with E-state index < -0.39 is 0 Å². The average Bonchev–Trinajstić information content (AvgIpc) is 2.55. The molecular weight excluding hydrogens is 405 g/mol. The van der Waals surface area contributed by atoms with Crippen LogP contribution in [0.2, 0.25) is 0 Å². The van der Waals surface area contributed by atoms with Crippen molar-refractivity contribution in [2.24, 2.45) is 10.7 Å². The number of aliphatic imine (C=N–C) groups is 1. The van der Waals surface area contributed by atoms with E-state index in [0.29, 0.717) is 30.4 Å². The fraction of sp³-hybridized carbons (Fsp3) is 0.235. The van der Waals surface area contributed by atoms with E-state index in [-0.39, 0.29) is 29.7 Å². The Kier molecular flexibility index (Phi) is 8.25. The summed E-state index contributed by atoms with van der Waals surface area (Å²) in [6, 6.07) is 15.2. The summed E-state index contributed by atoms with van der Waals surface area (Å²) in [6.07, 6.45) is 0.876. The molecule has 0 saturated heterocycles. The summed E-state index contributed by atoms with van der Waals surface area (Å²) < 4.78 is 5.12. The van der Waals surface area contributed by atoms with E-state index >= 15 is 0 Å². The third-order valence-corrected chi connectivity index (χ3v) is 3.27. The second-order valence-electron chi connectivity index (χ2n) is 4.86. The van der Waals surface area contributed by atoms with E-state index in [1.54, 1.807) is 25.3 Å². The van der Waals surface area contributed by atoms with Gasteiger partial charge >= 0.3 is 0 Å². The number of phenolic OH excluding ortho intramolecular Hbond substituents is 1. The number of hydrogen-bond donors (Lipinski definition) is 3. The summed E-state index contributed by atoms with van der Waals surface area (Å²) in [4.78, 5) is 4.23. The molecular formula is C17H22IN3O2. The molecule has 0 aliphatic rings. The second-order valence-corrected chi connectivity index (χ2v) is 4.86. The molecule has 5 nitrogen and oxygen atoms in total. The molecule has 2 aromatic carbocycles. The van der Waals surface area contributed by atoms with Crippen molar-refractivity contribution in [3.05, 3.63) is 59.7 Å². The van der Waals surface area contributed by atoms with Crippen molar-refractivity contribution in [1.82, 2.24) is 5.32 Å². The molecule has 0 aliphatic heterocycles. The summed E-state index contributed by atoms with van der Waals surface area (Å²) >= 11 is 0. The zero-order valence-corrected chi connectivity index (χ0v) is 15.4. The number of rotatable bonds is 6. The summed E-state index contributed by atoms with van der Waals surface area (Å²) in [7, 11) is 1.58. The molecule has 0 atom stereocenters. The van der Waals surface area contributed by atoms with Crippen molar-refractivity contribution in [2.75, 3.05) is 13.7 Å². The quantitative estimate of drug-likeness (QED) is 0.376. The van der Waals surface area contributed by atoms with E-state index in [2.05, 4.69) is 22.4 Å². The first kappa shape index (κ1) is 19.1. The van der Waals surface area contributed by atoms with Gasteiger partial charge in [-0.05, 0) is 30.2 Å². The maximum absolute atomic E-state index is 9.78. The van der Waals surface area contributed by atoms with E-state index in [1.807, 2.05) is 18.2 Å². The molecule has 0 aliphatic carbocycles. The molecule has 2 aromatic rings. The van der Waals surface area contributed by atoms with Crippen LogP contribution in [0, 0.1) is 0 Å². The van der Waals surface area contributed by atoms with Gasteiger partial charge in [0.1, 0.15) is 11.5 Å². The molecule has 4 N–H and O–H groups in total. The molecule has 0 unspecified atom stereocenters. The van der Waals surface area contributed by atoms with Crippen molar-refractivity contribution in [2.45, 2.75) is 13.0 Å². The van der Waals surface area contributed by atoms with Gasteiger partial charge in [-0.1, -0.05) is 30.3 Å². The van der Waals surface area contributed by atoms with Gasteiger partial charge in [-0.3, -0.25) is 0 Å². The van der Waals surface area contributed by atoms with E-state index in [4.69, 9.17) is 10.5 Å². The van der Waals surface area contributed by atoms with E-state index in [0.717, 1.165) is 6.42 Å². The van der Waals surface area contributed by atoms with Gasteiger partial charge in [-0.25, -0.2) is 4.99 Å². The Labute approximate surface area is 153 Å². The Morgan fingerprint density at radius 2 is 1.96 bits per heavy atom. The third-order valence-electron chi connectivity index (χ3n) is 3.27. The first-order valence-electron chi connectivity index (χ1n) is 7.12. The minimum absolute atomic E-state index is 0. The Balaban J connectivity index is 0.00000264. The third kappa shape index (κ3) is 6.35. The van der Waals surface area contributed by atoms with Crippen LogP contribution in [0.4, 0.5) is 0 Å². The Morgan fingerprint density at radius 3 is 2.65 bits per heavy atom. The highest BCUT2D eigenvalue weighted by molar-refractivity contribution is 14.0. The predicted octanol–water partition coefficient (Wildman–Crippen LogP) is 2.67. The number of nitrogens with two attached hydrogens (primary N) is 1. The van der Waals surface area contributed by atoms with Gasteiger partial charge in [0.05, 0.1) is 13.7 Å². The fourth-order valence-corrected chi connectivity index (χ4v) is 2.02. The highest BCUT2D eigenvalue weighted by Crippen LogP contribution is 2.23. The first-order chi connectivity index (χ1) is 10.7. The van der Waals surface area contributed by atoms with Crippen LogP contribution in [0.5, 0.6) is 11.5 Å². The van der Waals surface area contributed by atoms with Crippen molar-refractivity contribution in [3.63, 3.8) is 0 Å². The summed E-state index contributed by atoms with van der Waals surface area (Å²) in [6.45, 7) is 1.01. The molecule has 6 heteroatoms. The number of methoxy groups -OCH3 is 1. The minimum atomic E-state index is 0.